The van der Waals surface area contributed by atoms with Gasteiger partial charge < -0.3 is 9.47 Å². The fourth-order valence-electron chi connectivity index (χ4n) is 2.42. The maximum absolute atomic E-state index is 13.7. The van der Waals surface area contributed by atoms with Crippen LogP contribution in [0.2, 0.25) is 0 Å². The summed E-state index contributed by atoms with van der Waals surface area (Å²) in [5.41, 5.74) is -2.91. The molecule has 0 bridgehead atoms. The number of hydrogen-bond donors (Lipinski definition) is 0. The van der Waals surface area contributed by atoms with Crippen LogP contribution in [0.5, 0.6) is 0 Å². The van der Waals surface area contributed by atoms with E-state index in [4.69, 9.17) is 4.74 Å². The van der Waals surface area contributed by atoms with E-state index in [0.29, 0.717) is 5.56 Å². The fourth-order valence-corrected chi connectivity index (χ4v) is 2.42. The maximum Gasteiger partial charge on any atom is 0.432 e. The summed E-state index contributed by atoms with van der Waals surface area (Å²) >= 11 is 0. The first kappa shape index (κ1) is 18.0. The standard InChI is InChI=1S/C18H17F3O3/c1-13(14-9-5-3-6-10-14)24-16(22)17(23-2,18(19,20)21)15-11-7-4-8-12-15/h3-13H,1-2H3/t13-,17+/m0/s1. The second-order valence-electron chi connectivity index (χ2n) is 5.21. The molecule has 0 radical (unpaired) electrons. The molecule has 2 aromatic rings. The number of halogens is 3. The van der Waals surface area contributed by atoms with Crippen molar-refractivity contribution in [3.63, 3.8) is 0 Å². The van der Waals surface area contributed by atoms with Crippen molar-refractivity contribution in [3.05, 3.63) is 71.8 Å². The zero-order valence-electron chi connectivity index (χ0n) is 13.2. The average Bonchev–Trinajstić information content (AvgIpc) is 2.56. The molecule has 128 valence electrons. The summed E-state index contributed by atoms with van der Waals surface area (Å²) in [6.07, 6.45) is -5.82. The van der Waals surface area contributed by atoms with E-state index in [0.717, 1.165) is 7.11 Å². The van der Waals surface area contributed by atoms with E-state index < -0.39 is 23.9 Å². The highest BCUT2D eigenvalue weighted by molar-refractivity contribution is 5.83. The Kier molecular flexibility index (Phi) is 5.29. The first-order chi connectivity index (χ1) is 11.3. The highest BCUT2D eigenvalue weighted by atomic mass is 19.4. The minimum atomic E-state index is -4.98. The molecule has 2 rings (SSSR count). The van der Waals surface area contributed by atoms with Gasteiger partial charge in [0.05, 0.1) is 0 Å². The Morgan fingerprint density at radius 2 is 1.46 bits per heavy atom. The minimum absolute atomic E-state index is 0.328. The number of hydrogen-bond acceptors (Lipinski definition) is 3. The summed E-state index contributed by atoms with van der Waals surface area (Å²) in [7, 11) is 0.842. The van der Waals surface area contributed by atoms with Crippen LogP contribution in [0, 0.1) is 0 Å². The van der Waals surface area contributed by atoms with E-state index >= 15 is 0 Å². The third-order valence-corrected chi connectivity index (χ3v) is 3.73. The van der Waals surface area contributed by atoms with Crippen molar-refractivity contribution >= 4 is 5.97 Å². The number of alkyl halides is 3. The molecule has 0 aliphatic carbocycles. The Morgan fingerprint density at radius 1 is 0.958 bits per heavy atom. The SMILES string of the molecule is CO[C@@](C(=O)O[C@@H](C)c1ccccc1)(c1ccccc1)C(F)(F)F. The van der Waals surface area contributed by atoms with Crippen LogP contribution in [0.4, 0.5) is 13.2 Å². The van der Waals surface area contributed by atoms with E-state index in [1.165, 1.54) is 31.2 Å². The summed E-state index contributed by atoms with van der Waals surface area (Å²) < 4.78 is 51.0. The van der Waals surface area contributed by atoms with Gasteiger partial charge in [0.25, 0.3) is 5.60 Å². The van der Waals surface area contributed by atoms with Gasteiger partial charge in [0.1, 0.15) is 6.10 Å². The first-order valence-corrected chi connectivity index (χ1v) is 7.26. The van der Waals surface area contributed by atoms with Crippen LogP contribution in [0.3, 0.4) is 0 Å². The molecule has 0 unspecified atom stereocenters. The van der Waals surface area contributed by atoms with Gasteiger partial charge in [0, 0.05) is 12.7 Å². The van der Waals surface area contributed by atoms with Crippen molar-refractivity contribution < 1.29 is 27.4 Å². The Bertz CT molecular complexity index is 671. The number of carbonyl (C=O) groups excluding carboxylic acids is 1. The molecule has 0 fully saturated rings. The highest BCUT2D eigenvalue weighted by Gasteiger charge is 2.64. The lowest BCUT2D eigenvalue weighted by Crippen LogP contribution is -2.51. The molecule has 0 saturated carbocycles. The number of rotatable bonds is 5. The number of ether oxygens (including phenoxy) is 2. The lowest BCUT2D eigenvalue weighted by molar-refractivity contribution is -0.278. The third-order valence-electron chi connectivity index (χ3n) is 3.73. The Labute approximate surface area is 138 Å². The molecule has 0 aliphatic rings. The monoisotopic (exact) mass is 338 g/mol. The normalized spacial score (nSPS) is 15.4. The first-order valence-electron chi connectivity index (χ1n) is 7.26. The van der Waals surface area contributed by atoms with Crippen molar-refractivity contribution in [1.82, 2.24) is 0 Å². The summed E-state index contributed by atoms with van der Waals surface area (Å²) in [6.45, 7) is 1.51. The van der Waals surface area contributed by atoms with Gasteiger partial charge in [0.15, 0.2) is 0 Å². The molecule has 0 heterocycles. The zero-order valence-corrected chi connectivity index (χ0v) is 13.2. The lowest BCUT2D eigenvalue weighted by atomic mass is 9.92. The second kappa shape index (κ2) is 7.05. The van der Waals surface area contributed by atoms with Crippen molar-refractivity contribution in [1.29, 1.82) is 0 Å². The Morgan fingerprint density at radius 3 is 1.92 bits per heavy atom. The van der Waals surface area contributed by atoms with E-state index in [-0.39, 0.29) is 5.56 Å². The molecule has 6 heteroatoms. The van der Waals surface area contributed by atoms with Gasteiger partial charge in [-0.1, -0.05) is 60.7 Å². The molecule has 0 amide bonds. The summed E-state index contributed by atoms with van der Waals surface area (Å²) in [5, 5.41) is 0. The molecule has 0 aliphatic heterocycles. The quantitative estimate of drug-likeness (QED) is 0.758. The largest absolute Gasteiger partial charge is 0.455 e. The summed E-state index contributed by atoms with van der Waals surface area (Å²) in [4.78, 5) is 12.5. The van der Waals surface area contributed by atoms with Crippen molar-refractivity contribution in [2.75, 3.05) is 7.11 Å². The average molecular weight is 338 g/mol. The van der Waals surface area contributed by atoms with E-state index in [9.17, 15) is 18.0 Å². The molecule has 2 aromatic carbocycles. The van der Waals surface area contributed by atoms with Crippen LogP contribution in [0.25, 0.3) is 0 Å². The maximum atomic E-state index is 13.7. The number of methoxy groups -OCH3 is 1. The Hall–Kier alpha value is -2.34. The van der Waals surface area contributed by atoms with Crippen LogP contribution in [0.15, 0.2) is 60.7 Å². The van der Waals surface area contributed by atoms with Crippen LogP contribution < -0.4 is 0 Å². The molecular formula is C18H17F3O3. The van der Waals surface area contributed by atoms with E-state index in [1.54, 1.807) is 36.4 Å². The topological polar surface area (TPSA) is 35.5 Å². The summed E-state index contributed by atoms with van der Waals surface area (Å²) in [6, 6.07) is 15.3. The van der Waals surface area contributed by atoms with Gasteiger partial charge in [-0.25, -0.2) is 4.79 Å². The molecule has 0 N–H and O–H groups in total. The van der Waals surface area contributed by atoms with Gasteiger partial charge in [-0.2, -0.15) is 13.2 Å². The highest BCUT2D eigenvalue weighted by Crippen LogP contribution is 2.43. The molecule has 0 spiro atoms. The van der Waals surface area contributed by atoms with Gasteiger partial charge in [-0.05, 0) is 12.5 Å². The predicted octanol–water partition coefficient (Wildman–Crippen LogP) is 4.40. The number of carbonyl (C=O) groups is 1. The van der Waals surface area contributed by atoms with Gasteiger partial charge in [-0.3, -0.25) is 0 Å². The van der Waals surface area contributed by atoms with Crippen LogP contribution >= 0.6 is 0 Å². The van der Waals surface area contributed by atoms with Crippen molar-refractivity contribution in [2.24, 2.45) is 0 Å². The van der Waals surface area contributed by atoms with Crippen molar-refractivity contribution in [3.8, 4) is 0 Å². The van der Waals surface area contributed by atoms with Crippen LogP contribution in [-0.4, -0.2) is 19.3 Å². The Balaban J connectivity index is 2.39. The summed E-state index contributed by atoms with van der Waals surface area (Å²) in [5.74, 6) is -1.50. The number of esters is 1. The van der Waals surface area contributed by atoms with Crippen LogP contribution in [0.1, 0.15) is 24.2 Å². The molecule has 24 heavy (non-hydrogen) atoms. The van der Waals surface area contributed by atoms with E-state index in [2.05, 4.69) is 4.74 Å². The van der Waals surface area contributed by atoms with Gasteiger partial charge in [0.2, 0.25) is 0 Å². The molecule has 0 saturated heterocycles. The molecule has 2 atom stereocenters. The second-order valence-corrected chi connectivity index (χ2v) is 5.21. The smallest absolute Gasteiger partial charge is 0.432 e. The van der Waals surface area contributed by atoms with Gasteiger partial charge in [-0.15, -0.1) is 0 Å². The minimum Gasteiger partial charge on any atom is -0.455 e. The van der Waals surface area contributed by atoms with Gasteiger partial charge >= 0.3 is 12.1 Å². The zero-order chi connectivity index (χ0) is 17.8. The number of benzene rings is 2. The van der Waals surface area contributed by atoms with E-state index in [1.807, 2.05) is 0 Å². The predicted molar refractivity (Wildman–Crippen MR) is 82.1 cm³/mol. The molecule has 0 aromatic heterocycles. The van der Waals surface area contributed by atoms with Crippen LogP contribution in [-0.2, 0) is 19.9 Å². The van der Waals surface area contributed by atoms with Crippen molar-refractivity contribution in [2.45, 2.75) is 24.8 Å². The lowest BCUT2D eigenvalue weighted by Gasteiger charge is -2.33. The molecular weight excluding hydrogens is 321 g/mol. The molecule has 3 nitrogen and oxygen atoms in total. The fraction of sp³-hybridized carbons (Fsp3) is 0.278. The third kappa shape index (κ3) is 3.28.